The molecule has 4 aromatic carbocycles. The SMILES string of the molecule is CC1CCC2(C)C(C1)c1cc(-c3ccc4c(c3)C(C)(C)c3ccccc3-4)ccc1N2c1ccccc1. The van der Waals surface area contributed by atoms with E-state index >= 15 is 0 Å². The van der Waals surface area contributed by atoms with Gasteiger partial charge >= 0.3 is 0 Å². The highest BCUT2D eigenvalue weighted by atomic mass is 15.2. The molecule has 0 bridgehead atoms. The fourth-order valence-electron chi connectivity index (χ4n) is 7.60. The van der Waals surface area contributed by atoms with Crippen LogP contribution in [0.1, 0.15) is 69.6 Å². The molecule has 7 rings (SSSR count). The Morgan fingerprint density at radius 3 is 2.25 bits per heavy atom. The Morgan fingerprint density at radius 1 is 0.722 bits per heavy atom. The topological polar surface area (TPSA) is 3.24 Å². The molecule has 36 heavy (non-hydrogen) atoms. The summed E-state index contributed by atoms with van der Waals surface area (Å²) in [7, 11) is 0. The highest BCUT2D eigenvalue weighted by Gasteiger charge is 2.51. The summed E-state index contributed by atoms with van der Waals surface area (Å²) in [6.45, 7) is 9.69. The molecule has 0 radical (unpaired) electrons. The molecule has 0 N–H and O–H groups in total. The lowest BCUT2D eigenvalue weighted by Gasteiger charge is -2.45. The maximum absolute atomic E-state index is 2.66. The van der Waals surface area contributed by atoms with Gasteiger partial charge in [-0.05, 0) is 101 Å². The summed E-state index contributed by atoms with van der Waals surface area (Å²) in [5.41, 5.74) is 12.8. The van der Waals surface area contributed by atoms with Gasteiger partial charge in [0.25, 0.3) is 0 Å². The second-order valence-corrected chi connectivity index (χ2v) is 12.2. The number of benzene rings is 4. The summed E-state index contributed by atoms with van der Waals surface area (Å²) >= 11 is 0. The van der Waals surface area contributed by atoms with E-state index in [1.807, 2.05) is 0 Å². The molecule has 0 amide bonds. The normalized spacial score (nSPS) is 25.2. The van der Waals surface area contributed by atoms with Crippen molar-refractivity contribution in [2.24, 2.45) is 5.92 Å². The standard InChI is InChI=1S/C35H35N/c1-23-18-19-35(4)32(20-23)29-21-24(15-17-33(29)36(35)26-10-6-5-7-11-26)25-14-16-28-27-12-8-9-13-30(27)34(2,3)31(28)22-25/h5-17,21-23,32H,18-20H2,1-4H3. The van der Waals surface area contributed by atoms with E-state index in [1.165, 1.54) is 69.6 Å². The Balaban J connectivity index is 1.36. The average Bonchev–Trinajstić information content (AvgIpc) is 3.29. The number of rotatable bonds is 2. The van der Waals surface area contributed by atoms with Crippen LogP contribution in [0.25, 0.3) is 22.3 Å². The lowest BCUT2D eigenvalue weighted by Crippen LogP contribution is -2.46. The molecule has 0 spiro atoms. The molecule has 1 heteroatoms. The summed E-state index contributed by atoms with van der Waals surface area (Å²) in [6, 6.07) is 34.4. The van der Waals surface area contributed by atoms with Crippen molar-refractivity contribution >= 4 is 11.4 Å². The molecule has 0 saturated heterocycles. The van der Waals surface area contributed by atoms with Crippen molar-refractivity contribution in [2.45, 2.75) is 63.8 Å². The predicted octanol–water partition coefficient (Wildman–Crippen LogP) is 9.47. The zero-order chi connectivity index (χ0) is 24.7. The summed E-state index contributed by atoms with van der Waals surface area (Å²) in [5.74, 6) is 1.33. The minimum Gasteiger partial charge on any atom is -0.335 e. The highest BCUT2D eigenvalue weighted by Crippen LogP contribution is 2.59. The van der Waals surface area contributed by atoms with Gasteiger partial charge in [0, 0.05) is 28.2 Å². The van der Waals surface area contributed by atoms with Gasteiger partial charge in [0.2, 0.25) is 0 Å². The van der Waals surface area contributed by atoms with Gasteiger partial charge in [0.05, 0.1) is 0 Å². The van der Waals surface area contributed by atoms with Crippen molar-refractivity contribution in [1.29, 1.82) is 0 Å². The Labute approximate surface area is 215 Å². The molecule has 3 aliphatic rings. The second-order valence-electron chi connectivity index (χ2n) is 12.2. The average molecular weight is 470 g/mol. The fraction of sp³-hybridized carbons (Fsp3) is 0.314. The Bertz CT molecular complexity index is 1480. The molecule has 3 unspecified atom stereocenters. The number of hydrogen-bond acceptors (Lipinski definition) is 1. The van der Waals surface area contributed by atoms with Crippen LogP contribution in [0.3, 0.4) is 0 Å². The molecule has 4 aromatic rings. The molecule has 1 aliphatic heterocycles. The first-order valence-corrected chi connectivity index (χ1v) is 13.6. The molecule has 3 atom stereocenters. The van der Waals surface area contributed by atoms with E-state index in [2.05, 4.69) is 124 Å². The quantitative estimate of drug-likeness (QED) is 0.282. The molecule has 2 aliphatic carbocycles. The summed E-state index contributed by atoms with van der Waals surface area (Å²) in [5, 5.41) is 0. The number of anilines is 2. The zero-order valence-corrected chi connectivity index (χ0v) is 21.9. The van der Waals surface area contributed by atoms with E-state index in [1.54, 1.807) is 0 Å². The molecule has 1 heterocycles. The van der Waals surface area contributed by atoms with E-state index in [-0.39, 0.29) is 11.0 Å². The lowest BCUT2D eigenvalue weighted by atomic mass is 9.69. The van der Waals surface area contributed by atoms with Gasteiger partial charge in [-0.2, -0.15) is 0 Å². The van der Waals surface area contributed by atoms with Crippen LogP contribution in [-0.4, -0.2) is 5.54 Å². The predicted molar refractivity (Wildman–Crippen MR) is 152 cm³/mol. The summed E-state index contributed by atoms with van der Waals surface area (Å²) in [6.07, 6.45) is 3.81. The number of para-hydroxylation sites is 1. The van der Waals surface area contributed by atoms with Gasteiger partial charge in [0.1, 0.15) is 0 Å². The third-order valence-electron chi connectivity index (χ3n) is 9.62. The molecular formula is C35H35N. The van der Waals surface area contributed by atoms with Crippen LogP contribution >= 0.6 is 0 Å². The van der Waals surface area contributed by atoms with Crippen LogP contribution in [0.4, 0.5) is 11.4 Å². The minimum atomic E-state index is 0.0279. The van der Waals surface area contributed by atoms with E-state index in [4.69, 9.17) is 0 Å². The lowest BCUT2D eigenvalue weighted by molar-refractivity contribution is 0.237. The smallest absolute Gasteiger partial charge is 0.0492 e. The van der Waals surface area contributed by atoms with E-state index < -0.39 is 0 Å². The van der Waals surface area contributed by atoms with E-state index in [9.17, 15) is 0 Å². The molecule has 1 fully saturated rings. The minimum absolute atomic E-state index is 0.0279. The van der Waals surface area contributed by atoms with Gasteiger partial charge in [-0.15, -0.1) is 0 Å². The van der Waals surface area contributed by atoms with Crippen LogP contribution in [0.15, 0.2) is 91.0 Å². The monoisotopic (exact) mass is 469 g/mol. The Hall–Kier alpha value is -3.32. The summed E-state index contributed by atoms with van der Waals surface area (Å²) < 4.78 is 0. The first-order chi connectivity index (χ1) is 17.4. The Kier molecular flexibility index (Phi) is 4.62. The maximum atomic E-state index is 2.66. The number of fused-ring (bicyclic) bond motifs is 6. The molecule has 1 saturated carbocycles. The first kappa shape index (κ1) is 21.9. The van der Waals surface area contributed by atoms with Gasteiger partial charge in [-0.1, -0.05) is 81.4 Å². The van der Waals surface area contributed by atoms with Crippen LogP contribution in [-0.2, 0) is 5.41 Å². The van der Waals surface area contributed by atoms with Crippen molar-refractivity contribution in [3.05, 3.63) is 108 Å². The third kappa shape index (κ3) is 2.95. The van der Waals surface area contributed by atoms with Crippen LogP contribution < -0.4 is 4.90 Å². The van der Waals surface area contributed by atoms with E-state index in [0.29, 0.717) is 5.92 Å². The van der Waals surface area contributed by atoms with Gasteiger partial charge in [0.15, 0.2) is 0 Å². The zero-order valence-electron chi connectivity index (χ0n) is 21.9. The summed E-state index contributed by atoms with van der Waals surface area (Å²) in [4.78, 5) is 2.66. The van der Waals surface area contributed by atoms with Crippen molar-refractivity contribution in [3.63, 3.8) is 0 Å². The second kappa shape index (κ2) is 7.59. The first-order valence-electron chi connectivity index (χ1n) is 13.6. The third-order valence-corrected chi connectivity index (χ3v) is 9.62. The van der Waals surface area contributed by atoms with E-state index in [0.717, 1.165) is 5.92 Å². The van der Waals surface area contributed by atoms with Gasteiger partial charge in [-0.25, -0.2) is 0 Å². The molecular weight excluding hydrogens is 434 g/mol. The maximum Gasteiger partial charge on any atom is 0.0492 e. The van der Waals surface area contributed by atoms with Crippen LogP contribution in [0.5, 0.6) is 0 Å². The van der Waals surface area contributed by atoms with Crippen LogP contribution in [0.2, 0.25) is 0 Å². The highest BCUT2D eigenvalue weighted by molar-refractivity contribution is 5.85. The molecule has 0 aromatic heterocycles. The van der Waals surface area contributed by atoms with Crippen LogP contribution in [0, 0.1) is 5.92 Å². The van der Waals surface area contributed by atoms with Crippen molar-refractivity contribution in [1.82, 2.24) is 0 Å². The molecule has 180 valence electrons. The van der Waals surface area contributed by atoms with Crippen molar-refractivity contribution < 1.29 is 0 Å². The van der Waals surface area contributed by atoms with Gasteiger partial charge < -0.3 is 4.90 Å². The fourth-order valence-corrected chi connectivity index (χ4v) is 7.60. The molecule has 1 nitrogen and oxygen atoms in total. The van der Waals surface area contributed by atoms with Crippen molar-refractivity contribution in [2.75, 3.05) is 4.90 Å². The number of nitrogens with zero attached hydrogens (tertiary/aromatic N) is 1. The van der Waals surface area contributed by atoms with Crippen molar-refractivity contribution in [3.8, 4) is 22.3 Å². The van der Waals surface area contributed by atoms with Gasteiger partial charge in [-0.3, -0.25) is 0 Å². The number of hydrogen-bond donors (Lipinski definition) is 0. The largest absolute Gasteiger partial charge is 0.335 e. The Morgan fingerprint density at radius 2 is 1.42 bits per heavy atom.